The quantitative estimate of drug-likeness (QED) is 0.498. The Morgan fingerprint density at radius 1 is 1.21 bits per heavy atom. The van der Waals surface area contributed by atoms with Gasteiger partial charge in [-0.1, -0.05) is 6.07 Å². The number of fused-ring (bicyclic) bond motifs is 1. The van der Waals surface area contributed by atoms with Gasteiger partial charge in [-0.2, -0.15) is 13.2 Å². The molecule has 2 amide bonds. The van der Waals surface area contributed by atoms with E-state index < -0.39 is 29.6 Å². The highest BCUT2D eigenvalue weighted by molar-refractivity contribution is 7.13. The minimum absolute atomic E-state index is 0.0235. The van der Waals surface area contributed by atoms with E-state index in [2.05, 4.69) is 31.0 Å². The van der Waals surface area contributed by atoms with Crippen LogP contribution in [0.25, 0.3) is 0 Å². The van der Waals surface area contributed by atoms with Crippen LogP contribution in [0.4, 0.5) is 24.7 Å². The van der Waals surface area contributed by atoms with Gasteiger partial charge in [-0.3, -0.25) is 9.59 Å². The number of aryl methyl sites for hydroxylation is 1. The van der Waals surface area contributed by atoms with Crippen molar-refractivity contribution in [1.82, 2.24) is 25.3 Å². The Morgan fingerprint density at radius 3 is 2.71 bits per heavy atom. The van der Waals surface area contributed by atoms with E-state index in [9.17, 15) is 22.8 Å². The lowest BCUT2D eigenvalue weighted by atomic mass is 10.1. The van der Waals surface area contributed by atoms with E-state index in [1.54, 1.807) is 11.9 Å². The molecule has 1 aliphatic heterocycles. The molecule has 1 unspecified atom stereocenters. The third-order valence-corrected chi connectivity index (χ3v) is 6.30. The van der Waals surface area contributed by atoms with E-state index in [-0.39, 0.29) is 21.8 Å². The molecule has 0 aliphatic carbocycles. The highest BCUT2D eigenvalue weighted by atomic mass is 32.1. The summed E-state index contributed by atoms with van der Waals surface area (Å²) in [6.07, 6.45) is -1.91. The molecule has 3 N–H and O–H groups in total. The number of aromatic nitrogens is 3. The molecule has 178 valence electrons. The number of hydrogen-bond donors (Lipinski definition) is 3. The average molecular weight is 491 g/mol. The summed E-state index contributed by atoms with van der Waals surface area (Å²) in [7, 11) is 1.81. The van der Waals surface area contributed by atoms with Crippen LogP contribution >= 0.6 is 11.3 Å². The van der Waals surface area contributed by atoms with Crippen molar-refractivity contribution in [3.63, 3.8) is 0 Å². The Balaban J connectivity index is 1.44. The summed E-state index contributed by atoms with van der Waals surface area (Å²) in [4.78, 5) is 37.9. The van der Waals surface area contributed by atoms with E-state index in [0.29, 0.717) is 22.9 Å². The second kappa shape index (κ2) is 8.99. The number of halogens is 3. The number of alkyl halides is 3. The number of anilines is 2. The van der Waals surface area contributed by atoms with Crippen molar-refractivity contribution in [3.8, 4) is 0 Å². The Bertz CT molecular complexity index is 1260. The van der Waals surface area contributed by atoms with Gasteiger partial charge in [-0.25, -0.2) is 20.0 Å². The smallest absolute Gasteiger partial charge is 0.342 e. The average Bonchev–Trinajstić information content (AvgIpc) is 3.40. The predicted octanol–water partition coefficient (Wildman–Crippen LogP) is 3.78. The Kier molecular flexibility index (Phi) is 6.23. The minimum atomic E-state index is -4.52. The van der Waals surface area contributed by atoms with Crippen LogP contribution in [0.5, 0.6) is 0 Å². The summed E-state index contributed by atoms with van der Waals surface area (Å²) in [5.41, 5.74) is 3.19. The maximum atomic E-state index is 13.1. The van der Waals surface area contributed by atoms with Gasteiger partial charge in [0.25, 0.3) is 11.8 Å². The van der Waals surface area contributed by atoms with Crippen LogP contribution in [0.1, 0.15) is 54.8 Å². The van der Waals surface area contributed by atoms with Crippen LogP contribution in [0, 0.1) is 6.92 Å². The summed E-state index contributed by atoms with van der Waals surface area (Å²) in [5.74, 6) is -0.445. The van der Waals surface area contributed by atoms with Crippen molar-refractivity contribution >= 4 is 34.7 Å². The topological polar surface area (TPSA) is 112 Å². The van der Waals surface area contributed by atoms with Crippen molar-refractivity contribution in [2.45, 2.75) is 32.6 Å². The van der Waals surface area contributed by atoms with Gasteiger partial charge >= 0.3 is 6.18 Å². The van der Waals surface area contributed by atoms with Crippen LogP contribution in [0.2, 0.25) is 0 Å². The fourth-order valence-electron chi connectivity index (χ4n) is 3.43. The zero-order chi connectivity index (χ0) is 24.6. The largest absolute Gasteiger partial charge is 0.416 e. The van der Waals surface area contributed by atoms with Crippen molar-refractivity contribution < 1.29 is 22.8 Å². The first kappa shape index (κ1) is 23.6. The number of thiazole rings is 1. The number of nitrogens with one attached hydrogen (secondary N) is 3. The summed E-state index contributed by atoms with van der Waals surface area (Å²) in [6.45, 7) is 3.52. The molecule has 0 radical (unpaired) electrons. The lowest BCUT2D eigenvalue weighted by Crippen LogP contribution is -2.28. The summed E-state index contributed by atoms with van der Waals surface area (Å²) < 4.78 is 39.4. The Hall–Kier alpha value is -3.58. The van der Waals surface area contributed by atoms with Gasteiger partial charge in [0.05, 0.1) is 17.8 Å². The zero-order valence-corrected chi connectivity index (χ0v) is 19.1. The fraction of sp³-hybridized carbons (Fsp3) is 0.286. The molecular weight excluding hydrogens is 471 g/mol. The molecule has 2 aromatic heterocycles. The van der Waals surface area contributed by atoms with Gasteiger partial charge in [0, 0.05) is 24.8 Å². The number of hydrazine groups is 1. The number of rotatable bonds is 5. The van der Waals surface area contributed by atoms with Gasteiger partial charge < -0.3 is 16.1 Å². The summed E-state index contributed by atoms with van der Waals surface area (Å²) in [6, 6.07) is 3.06. The number of amides is 2. The molecule has 0 saturated heterocycles. The second-order valence-corrected chi connectivity index (χ2v) is 8.82. The van der Waals surface area contributed by atoms with Crippen LogP contribution in [0.3, 0.4) is 0 Å². The van der Waals surface area contributed by atoms with Crippen molar-refractivity contribution in [2.24, 2.45) is 0 Å². The number of nitrogens with zero attached hydrogens (tertiary/aromatic N) is 4. The van der Waals surface area contributed by atoms with Crippen molar-refractivity contribution in [3.05, 3.63) is 63.0 Å². The third-order valence-electron chi connectivity index (χ3n) is 5.12. The van der Waals surface area contributed by atoms with E-state index in [1.807, 2.05) is 7.05 Å². The Morgan fingerprint density at radius 2 is 1.97 bits per heavy atom. The Labute approximate surface area is 196 Å². The van der Waals surface area contributed by atoms with Crippen molar-refractivity contribution in [2.75, 3.05) is 17.8 Å². The highest BCUT2D eigenvalue weighted by Crippen LogP contribution is 2.33. The van der Waals surface area contributed by atoms with Gasteiger partial charge in [-0.05, 0) is 31.5 Å². The maximum Gasteiger partial charge on any atom is 0.416 e. The molecule has 1 atom stereocenters. The number of hydrogen-bond acceptors (Lipinski definition) is 8. The van der Waals surface area contributed by atoms with Crippen molar-refractivity contribution in [1.29, 1.82) is 0 Å². The normalized spacial score (nSPS) is 14.3. The monoisotopic (exact) mass is 491 g/mol. The predicted molar refractivity (Wildman–Crippen MR) is 119 cm³/mol. The molecule has 1 aromatic carbocycles. The number of carbonyl (C=O) groups is 2. The van der Waals surface area contributed by atoms with E-state index in [0.717, 1.165) is 17.4 Å². The second-order valence-electron chi connectivity index (χ2n) is 7.76. The third kappa shape index (κ3) is 4.84. The van der Waals surface area contributed by atoms with Gasteiger partial charge in [-0.15, -0.1) is 11.3 Å². The minimum Gasteiger partial charge on any atom is -0.342 e. The molecule has 34 heavy (non-hydrogen) atoms. The van der Waals surface area contributed by atoms with Crippen LogP contribution in [-0.2, 0) is 12.7 Å². The zero-order valence-electron chi connectivity index (χ0n) is 18.3. The molecular formula is C21H20F3N7O2S. The lowest BCUT2D eigenvalue weighted by Gasteiger charge is -2.12. The lowest BCUT2D eigenvalue weighted by molar-refractivity contribution is -0.138. The molecule has 3 heterocycles. The first-order valence-electron chi connectivity index (χ1n) is 10.1. The highest BCUT2D eigenvalue weighted by Gasteiger charge is 2.32. The first-order chi connectivity index (χ1) is 16.0. The van der Waals surface area contributed by atoms with Crippen LogP contribution in [0.15, 0.2) is 30.7 Å². The molecule has 13 heteroatoms. The van der Waals surface area contributed by atoms with E-state index in [4.69, 9.17) is 0 Å². The van der Waals surface area contributed by atoms with Crippen LogP contribution < -0.4 is 16.1 Å². The molecule has 0 fully saturated rings. The number of benzene rings is 1. The number of carbonyl (C=O) groups excluding carboxylic acids is 2. The SMILES string of the molecule is Cc1ccc(NC(=O)c2cnc(C(C)NC(=O)c3ncnc4c3CN(C)N4)s2)cc1C(F)(F)F. The van der Waals surface area contributed by atoms with Gasteiger partial charge in [0.15, 0.2) is 0 Å². The molecule has 0 saturated carbocycles. The standard InChI is InChI=1S/C21H20F3N7O2S/c1-10-4-5-12(6-14(10)21(22,23)24)29-18(32)15-7-25-20(34-15)11(2)28-19(33)16-13-8-31(3)30-17(13)27-9-26-16/h4-7,9,11H,8H2,1-3H3,(H,28,33)(H,29,32)(H,26,27,30). The molecule has 3 aromatic rings. The van der Waals surface area contributed by atoms with Gasteiger partial charge in [0.2, 0.25) is 0 Å². The maximum absolute atomic E-state index is 13.1. The molecule has 0 spiro atoms. The van der Waals surface area contributed by atoms with Gasteiger partial charge in [0.1, 0.15) is 27.7 Å². The molecule has 1 aliphatic rings. The molecule has 9 nitrogen and oxygen atoms in total. The van der Waals surface area contributed by atoms with E-state index in [1.165, 1.54) is 31.6 Å². The van der Waals surface area contributed by atoms with Crippen LogP contribution in [-0.4, -0.2) is 38.8 Å². The molecule has 4 rings (SSSR count). The fourth-order valence-corrected chi connectivity index (χ4v) is 4.24. The molecule has 0 bridgehead atoms. The van der Waals surface area contributed by atoms with E-state index >= 15 is 0 Å². The summed E-state index contributed by atoms with van der Waals surface area (Å²) >= 11 is 1.03. The first-order valence-corrected chi connectivity index (χ1v) is 10.9. The summed E-state index contributed by atoms with van der Waals surface area (Å²) in [5, 5.41) is 7.50.